The van der Waals surface area contributed by atoms with Crippen molar-refractivity contribution >= 4 is 11.6 Å². The van der Waals surface area contributed by atoms with Crippen LogP contribution in [0.25, 0.3) is 0 Å². The number of aryl methyl sites for hydroxylation is 1. The Morgan fingerprint density at radius 1 is 1.40 bits per heavy atom. The zero-order valence-electron chi connectivity index (χ0n) is 12.1. The van der Waals surface area contributed by atoms with Gasteiger partial charge in [-0.2, -0.15) is 0 Å². The molecule has 1 heterocycles. The van der Waals surface area contributed by atoms with E-state index in [9.17, 15) is 9.18 Å². The first kappa shape index (κ1) is 14.9. The van der Waals surface area contributed by atoms with Crippen LogP contribution in [-0.4, -0.2) is 42.6 Å². The minimum Gasteiger partial charge on any atom is -0.373 e. The summed E-state index contributed by atoms with van der Waals surface area (Å²) in [5.41, 5.74) is 1.06. The Balaban J connectivity index is 1.90. The highest BCUT2D eigenvalue weighted by atomic mass is 19.1. The van der Waals surface area contributed by atoms with E-state index < -0.39 is 0 Å². The molecule has 0 bridgehead atoms. The molecule has 2 rings (SSSR count). The molecular weight excluding hydrogens is 259 g/mol. The van der Waals surface area contributed by atoms with Crippen molar-refractivity contribution in [3.63, 3.8) is 0 Å². The van der Waals surface area contributed by atoms with Crippen LogP contribution in [-0.2, 0) is 9.53 Å². The van der Waals surface area contributed by atoms with Crippen molar-refractivity contribution in [2.24, 2.45) is 0 Å². The molecule has 0 aromatic heterocycles. The van der Waals surface area contributed by atoms with Crippen molar-refractivity contribution in [1.82, 2.24) is 4.90 Å². The number of anilines is 1. The molecule has 1 amide bonds. The van der Waals surface area contributed by atoms with Crippen LogP contribution in [0.5, 0.6) is 0 Å². The lowest BCUT2D eigenvalue weighted by atomic mass is 10.2. The fourth-order valence-corrected chi connectivity index (χ4v) is 2.49. The van der Waals surface area contributed by atoms with E-state index in [2.05, 4.69) is 10.2 Å². The third-order valence-electron chi connectivity index (χ3n) is 3.32. The molecule has 2 atom stereocenters. The van der Waals surface area contributed by atoms with E-state index in [0.717, 1.165) is 13.1 Å². The largest absolute Gasteiger partial charge is 0.373 e. The summed E-state index contributed by atoms with van der Waals surface area (Å²) >= 11 is 0. The molecule has 20 heavy (non-hydrogen) atoms. The highest BCUT2D eigenvalue weighted by Gasteiger charge is 2.23. The molecule has 1 aromatic rings. The SMILES string of the molecule is Cc1ccc(NC(=O)CN2C[C@@H](C)O[C@@H](C)C2)cc1F. The average molecular weight is 280 g/mol. The zero-order valence-corrected chi connectivity index (χ0v) is 12.1. The topological polar surface area (TPSA) is 41.6 Å². The van der Waals surface area contributed by atoms with Crippen LogP contribution >= 0.6 is 0 Å². The van der Waals surface area contributed by atoms with Gasteiger partial charge in [-0.3, -0.25) is 9.69 Å². The Hall–Kier alpha value is -1.46. The maximum Gasteiger partial charge on any atom is 0.238 e. The van der Waals surface area contributed by atoms with Gasteiger partial charge in [0.15, 0.2) is 0 Å². The van der Waals surface area contributed by atoms with Gasteiger partial charge in [0.05, 0.1) is 18.8 Å². The number of halogens is 1. The maximum absolute atomic E-state index is 13.4. The van der Waals surface area contributed by atoms with Crippen molar-refractivity contribution in [3.05, 3.63) is 29.6 Å². The van der Waals surface area contributed by atoms with Crippen LogP contribution < -0.4 is 5.32 Å². The van der Waals surface area contributed by atoms with Crippen LogP contribution in [0.3, 0.4) is 0 Å². The summed E-state index contributed by atoms with van der Waals surface area (Å²) in [6.45, 7) is 7.46. The quantitative estimate of drug-likeness (QED) is 0.922. The van der Waals surface area contributed by atoms with E-state index in [1.807, 2.05) is 13.8 Å². The molecule has 1 saturated heterocycles. The molecule has 0 aliphatic carbocycles. The highest BCUT2D eigenvalue weighted by molar-refractivity contribution is 5.92. The number of amides is 1. The molecule has 0 unspecified atom stereocenters. The van der Waals surface area contributed by atoms with Crippen LogP contribution in [0.4, 0.5) is 10.1 Å². The minimum absolute atomic E-state index is 0.128. The van der Waals surface area contributed by atoms with Crippen molar-refractivity contribution in [2.75, 3.05) is 25.0 Å². The molecule has 1 aromatic carbocycles. The van der Waals surface area contributed by atoms with Crippen molar-refractivity contribution in [2.45, 2.75) is 33.0 Å². The molecule has 4 nitrogen and oxygen atoms in total. The first-order valence-corrected chi connectivity index (χ1v) is 6.88. The van der Waals surface area contributed by atoms with Crippen LogP contribution in [0.15, 0.2) is 18.2 Å². The van der Waals surface area contributed by atoms with Gasteiger partial charge in [0.2, 0.25) is 5.91 Å². The third kappa shape index (κ3) is 4.02. The van der Waals surface area contributed by atoms with Crippen molar-refractivity contribution in [1.29, 1.82) is 0 Å². The number of nitrogens with one attached hydrogen (secondary N) is 1. The van der Waals surface area contributed by atoms with Gasteiger partial charge in [0.1, 0.15) is 5.82 Å². The Bertz CT molecular complexity index is 483. The van der Waals surface area contributed by atoms with Gasteiger partial charge >= 0.3 is 0 Å². The molecule has 1 aliphatic heterocycles. The first-order chi connectivity index (χ1) is 9.44. The third-order valence-corrected chi connectivity index (χ3v) is 3.32. The first-order valence-electron chi connectivity index (χ1n) is 6.88. The van der Waals surface area contributed by atoms with E-state index in [-0.39, 0.29) is 23.9 Å². The van der Waals surface area contributed by atoms with Gasteiger partial charge in [-0.05, 0) is 38.5 Å². The standard InChI is InChI=1S/C15H21FN2O2/c1-10-4-5-13(6-14(10)16)17-15(19)9-18-7-11(2)20-12(3)8-18/h4-6,11-12H,7-9H2,1-3H3,(H,17,19)/t11-,12+. The Morgan fingerprint density at radius 2 is 2.05 bits per heavy atom. The lowest BCUT2D eigenvalue weighted by Crippen LogP contribution is -2.48. The summed E-state index contributed by atoms with van der Waals surface area (Å²) in [5, 5.41) is 2.73. The van der Waals surface area contributed by atoms with Crippen LogP contribution in [0.1, 0.15) is 19.4 Å². The molecule has 5 heteroatoms. The second-order valence-electron chi connectivity index (χ2n) is 5.46. The second kappa shape index (κ2) is 6.33. The van der Waals surface area contributed by atoms with Gasteiger partial charge in [-0.1, -0.05) is 6.07 Å². The van der Waals surface area contributed by atoms with Gasteiger partial charge < -0.3 is 10.1 Å². The maximum atomic E-state index is 13.4. The number of hydrogen-bond acceptors (Lipinski definition) is 3. The van der Waals surface area contributed by atoms with Crippen LogP contribution in [0.2, 0.25) is 0 Å². The molecule has 0 spiro atoms. The van der Waals surface area contributed by atoms with Crippen LogP contribution in [0, 0.1) is 12.7 Å². The molecule has 0 saturated carbocycles. The Kier molecular flexibility index (Phi) is 4.73. The zero-order chi connectivity index (χ0) is 14.7. The van der Waals surface area contributed by atoms with Gasteiger partial charge in [0, 0.05) is 18.8 Å². The number of benzene rings is 1. The normalized spacial score (nSPS) is 23.6. The number of morpholine rings is 1. The molecule has 1 fully saturated rings. The summed E-state index contributed by atoms with van der Waals surface area (Å²) in [4.78, 5) is 14.0. The van der Waals surface area contributed by atoms with E-state index in [1.54, 1.807) is 19.1 Å². The Morgan fingerprint density at radius 3 is 2.65 bits per heavy atom. The number of carbonyl (C=O) groups excluding carboxylic acids is 1. The summed E-state index contributed by atoms with van der Waals surface area (Å²) in [5.74, 6) is -0.439. The molecule has 0 radical (unpaired) electrons. The molecule has 110 valence electrons. The lowest BCUT2D eigenvalue weighted by molar-refractivity contribution is -0.121. The van der Waals surface area contributed by atoms with Gasteiger partial charge in [-0.15, -0.1) is 0 Å². The van der Waals surface area contributed by atoms with Crippen molar-refractivity contribution < 1.29 is 13.9 Å². The summed E-state index contributed by atoms with van der Waals surface area (Å²) < 4.78 is 19.0. The number of rotatable bonds is 3. The highest BCUT2D eigenvalue weighted by Crippen LogP contribution is 2.14. The lowest BCUT2D eigenvalue weighted by Gasteiger charge is -2.34. The average Bonchev–Trinajstić information content (AvgIpc) is 2.32. The van der Waals surface area contributed by atoms with Gasteiger partial charge in [0.25, 0.3) is 0 Å². The number of nitrogens with zero attached hydrogens (tertiary/aromatic N) is 1. The number of carbonyl (C=O) groups is 1. The fraction of sp³-hybridized carbons (Fsp3) is 0.533. The number of ether oxygens (including phenoxy) is 1. The van der Waals surface area contributed by atoms with E-state index in [1.165, 1.54) is 6.07 Å². The predicted octanol–water partition coefficient (Wildman–Crippen LogP) is 2.18. The number of hydrogen-bond donors (Lipinski definition) is 1. The summed E-state index contributed by atoms with van der Waals surface area (Å²) in [7, 11) is 0. The van der Waals surface area contributed by atoms with E-state index in [0.29, 0.717) is 17.8 Å². The van der Waals surface area contributed by atoms with Crippen molar-refractivity contribution in [3.8, 4) is 0 Å². The summed E-state index contributed by atoms with van der Waals surface area (Å²) in [6, 6.07) is 4.71. The summed E-state index contributed by atoms with van der Waals surface area (Å²) in [6.07, 6.45) is 0.256. The smallest absolute Gasteiger partial charge is 0.238 e. The van der Waals surface area contributed by atoms with E-state index in [4.69, 9.17) is 4.74 Å². The second-order valence-corrected chi connectivity index (χ2v) is 5.46. The van der Waals surface area contributed by atoms with E-state index >= 15 is 0 Å². The van der Waals surface area contributed by atoms with Gasteiger partial charge in [-0.25, -0.2) is 4.39 Å². The predicted molar refractivity (Wildman–Crippen MR) is 76.2 cm³/mol. The monoisotopic (exact) mass is 280 g/mol. The molecule has 1 aliphatic rings. The minimum atomic E-state index is -0.309. The molecular formula is C15H21FN2O2. The molecule has 1 N–H and O–H groups in total. The fourth-order valence-electron chi connectivity index (χ4n) is 2.49. The Labute approximate surface area is 118 Å².